The van der Waals surface area contributed by atoms with Gasteiger partial charge < -0.3 is 0 Å². The quantitative estimate of drug-likeness (QED) is 0.728. The van der Waals surface area contributed by atoms with Gasteiger partial charge in [-0.3, -0.25) is 0 Å². The van der Waals surface area contributed by atoms with Crippen LogP contribution in [-0.4, -0.2) is 20.9 Å². The molecule has 0 heterocycles. The molecule has 1 aliphatic carbocycles. The zero-order chi connectivity index (χ0) is 12.2. The third-order valence-corrected chi connectivity index (χ3v) is 7.43. The van der Waals surface area contributed by atoms with Crippen LogP contribution in [0.15, 0.2) is 42.5 Å². The molecule has 18 heavy (non-hydrogen) atoms. The minimum absolute atomic E-state index is 0.0389. The molecule has 1 saturated carbocycles. The summed E-state index contributed by atoms with van der Waals surface area (Å²) in [4.78, 5) is 0. The molecular formula is C17H20Te. The van der Waals surface area contributed by atoms with Crippen LogP contribution in [0, 0.1) is 5.92 Å². The van der Waals surface area contributed by atoms with E-state index in [2.05, 4.69) is 42.5 Å². The first kappa shape index (κ1) is 12.5. The zero-order valence-corrected chi connectivity index (χ0v) is 13.1. The van der Waals surface area contributed by atoms with E-state index in [9.17, 15) is 0 Å². The van der Waals surface area contributed by atoms with Gasteiger partial charge in [-0.2, -0.15) is 0 Å². The first-order valence-electron chi connectivity index (χ1n) is 7.03. The monoisotopic (exact) mass is 354 g/mol. The van der Waals surface area contributed by atoms with Crippen molar-refractivity contribution in [3.8, 4) is 0 Å². The van der Waals surface area contributed by atoms with Crippen LogP contribution in [-0.2, 0) is 0 Å². The molecule has 0 spiro atoms. The normalized spacial score (nSPS) is 17.1. The Hall–Kier alpha value is -0.510. The zero-order valence-electron chi connectivity index (χ0n) is 10.8. The van der Waals surface area contributed by atoms with E-state index in [0.29, 0.717) is 0 Å². The summed E-state index contributed by atoms with van der Waals surface area (Å²) in [6.45, 7) is 0. The number of benzene rings is 2. The van der Waals surface area contributed by atoms with Crippen molar-refractivity contribution in [1.29, 1.82) is 0 Å². The van der Waals surface area contributed by atoms with Crippen LogP contribution >= 0.6 is 0 Å². The summed E-state index contributed by atoms with van der Waals surface area (Å²) in [6, 6.07) is 15.8. The van der Waals surface area contributed by atoms with E-state index in [-0.39, 0.29) is 20.9 Å². The molecule has 3 rings (SSSR count). The van der Waals surface area contributed by atoms with Gasteiger partial charge in [0, 0.05) is 0 Å². The van der Waals surface area contributed by atoms with Gasteiger partial charge in [0.05, 0.1) is 0 Å². The third kappa shape index (κ3) is 3.08. The summed E-state index contributed by atoms with van der Waals surface area (Å²) < 4.78 is 3.16. The van der Waals surface area contributed by atoms with E-state index >= 15 is 0 Å². The molecule has 0 unspecified atom stereocenters. The molecular weight excluding hydrogens is 332 g/mol. The van der Waals surface area contributed by atoms with Crippen molar-refractivity contribution >= 4 is 35.3 Å². The Balaban J connectivity index is 1.66. The van der Waals surface area contributed by atoms with Crippen LogP contribution < -0.4 is 3.61 Å². The first-order valence-corrected chi connectivity index (χ1v) is 9.85. The van der Waals surface area contributed by atoms with Gasteiger partial charge in [-0.05, 0) is 0 Å². The molecule has 0 atom stereocenters. The van der Waals surface area contributed by atoms with E-state index in [0.717, 1.165) is 5.92 Å². The third-order valence-electron chi connectivity index (χ3n) is 3.93. The molecule has 0 saturated heterocycles. The number of fused-ring (bicyclic) bond motifs is 1. The maximum atomic E-state index is 2.43. The SMILES string of the molecule is c1ccc2cc([Te]CC3CCCCC3)ccc2c1. The van der Waals surface area contributed by atoms with E-state index in [4.69, 9.17) is 0 Å². The molecule has 94 valence electrons. The van der Waals surface area contributed by atoms with Crippen molar-refractivity contribution in [2.24, 2.45) is 5.92 Å². The summed E-state index contributed by atoms with van der Waals surface area (Å²) in [7, 11) is 0. The maximum absolute atomic E-state index is 2.43. The molecule has 0 nitrogen and oxygen atoms in total. The Kier molecular flexibility index (Phi) is 4.24. The fourth-order valence-electron chi connectivity index (χ4n) is 2.83. The average molecular weight is 352 g/mol. The molecule has 0 N–H and O–H groups in total. The topological polar surface area (TPSA) is 0 Å². The molecule has 1 fully saturated rings. The number of rotatable bonds is 3. The van der Waals surface area contributed by atoms with Gasteiger partial charge in [-0.15, -0.1) is 0 Å². The van der Waals surface area contributed by atoms with Gasteiger partial charge in [-0.25, -0.2) is 0 Å². The summed E-state index contributed by atoms with van der Waals surface area (Å²) in [5, 5.41) is 2.80. The predicted molar refractivity (Wildman–Crippen MR) is 80.7 cm³/mol. The molecule has 1 heteroatoms. The van der Waals surface area contributed by atoms with Crippen molar-refractivity contribution in [2.45, 2.75) is 36.6 Å². The van der Waals surface area contributed by atoms with Crippen molar-refractivity contribution in [3.63, 3.8) is 0 Å². The summed E-state index contributed by atoms with van der Waals surface area (Å²) in [5.74, 6) is 1.05. The van der Waals surface area contributed by atoms with Crippen molar-refractivity contribution in [3.05, 3.63) is 42.5 Å². The second-order valence-corrected chi connectivity index (χ2v) is 8.44. The van der Waals surface area contributed by atoms with E-state index in [1.165, 1.54) is 47.3 Å². The number of hydrogen-bond acceptors (Lipinski definition) is 0. The van der Waals surface area contributed by atoms with Gasteiger partial charge >= 0.3 is 120 Å². The van der Waals surface area contributed by atoms with Crippen molar-refractivity contribution in [2.75, 3.05) is 0 Å². The van der Waals surface area contributed by atoms with E-state index < -0.39 is 0 Å². The van der Waals surface area contributed by atoms with Gasteiger partial charge in [0.15, 0.2) is 0 Å². The Labute approximate surface area is 120 Å². The van der Waals surface area contributed by atoms with Gasteiger partial charge in [0.2, 0.25) is 0 Å². The Morgan fingerprint density at radius 3 is 2.50 bits per heavy atom. The van der Waals surface area contributed by atoms with Crippen molar-refractivity contribution in [1.82, 2.24) is 0 Å². The van der Waals surface area contributed by atoms with Crippen LogP contribution in [0.1, 0.15) is 32.1 Å². The molecule has 0 radical (unpaired) electrons. The summed E-state index contributed by atoms with van der Waals surface area (Å²) in [6.07, 6.45) is 7.44. The molecule has 0 aromatic heterocycles. The van der Waals surface area contributed by atoms with Crippen LogP contribution in [0.4, 0.5) is 0 Å². The van der Waals surface area contributed by atoms with Crippen LogP contribution in [0.3, 0.4) is 0 Å². The average Bonchev–Trinajstić information content (AvgIpc) is 2.46. The Morgan fingerprint density at radius 1 is 0.889 bits per heavy atom. The Bertz CT molecular complexity index is 512. The van der Waals surface area contributed by atoms with Gasteiger partial charge in [-0.1, -0.05) is 0 Å². The summed E-state index contributed by atoms with van der Waals surface area (Å²) >= 11 is 0.0389. The fraction of sp³-hybridized carbons (Fsp3) is 0.412. The molecule has 0 bridgehead atoms. The molecule has 2 aromatic rings. The standard InChI is InChI=1S/C17H20Te/c1-2-6-14(7-3-1)13-18-17-11-10-15-8-4-5-9-16(15)12-17/h4-5,8-12,14H,1-3,6-7,13H2. The van der Waals surface area contributed by atoms with Crippen molar-refractivity contribution < 1.29 is 0 Å². The van der Waals surface area contributed by atoms with Gasteiger partial charge in [0.25, 0.3) is 0 Å². The molecule has 2 aromatic carbocycles. The molecule has 0 aliphatic heterocycles. The van der Waals surface area contributed by atoms with Crippen LogP contribution in [0.25, 0.3) is 10.8 Å². The Morgan fingerprint density at radius 2 is 1.67 bits per heavy atom. The molecule has 0 amide bonds. The van der Waals surface area contributed by atoms with E-state index in [1.54, 1.807) is 3.61 Å². The predicted octanol–water partition coefficient (Wildman–Crippen LogP) is 4.17. The van der Waals surface area contributed by atoms with Crippen LogP contribution in [0.2, 0.25) is 4.47 Å². The second-order valence-electron chi connectivity index (χ2n) is 5.32. The molecule has 1 aliphatic rings. The summed E-state index contributed by atoms with van der Waals surface area (Å²) in [5.41, 5.74) is 0. The first-order chi connectivity index (χ1) is 8.92. The fourth-order valence-corrected chi connectivity index (χ4v) is 6.07. The second kappa shape index (κ2) is 6.09. The minimum atomic E-state index is 0.0389. The van der Waals surface area contributed by atoms with Crippen LogP contribution in [0.5, 0.6) is 0 Å². The number of hydrogen-bond donors (Lipinski definition) is 0. The van der Waals surface area contributed by atoms with Gasteiger partial charge in [0.1, 0.15) is 0 Å². The van der Waals surface area contributed by atoms with E-state index in [1.807, 2.05) is 0 Å².